The Kier molecular flexibility index (Phi) is 5.22. The van der Waals surface area contributed by atoms with Crippen LogP contribution in [0.1, 0.15) is 27.2 Å². The van der Waals surface area contributed by atoms with Gasteiger partial charge in [0.2, 0.25) is 0 Å². The molecule has 0 saturated carbocycles. The summed E-state index contributed by atoms with van der Waals surface area (Å²) in [5.74, 6) is 0.759. The lowest BCUT2D eigenvalue weighted by Crippen LogP contribution is -2.37. The van der Waals surface area contributed by atoms with Crippen molar-refractivity contribution in [3.05, 3.63) is 0 Å². The lowest BCUT2D eigenvalue weighted by Gasteiger charge is -2.26. The second-order valence-electron chi connectivity index (χ2n) is 5.32. The minimum Gasteiger partial charge on any atom is -0.387 e. The van der Waals surface area contributed by atoms with Crippen LogP contribution in [0.15, 0.2) is 4.99 Å². The Morgan fingerprint density at radius 2 is 1.94 bits per heavy atom. The molecule has 2 N–H and O–H groups in total. The molecule has 0 aliphatic carbocycles. The first-order valence-corrected chi connectivity index (χ1v) is 6.10. The summed E-state index contributed by atoms with van der Waals surface area (Å²) >= 11 is 0. The van der Waals surface area contributed by atoms with Crippen LogP contribution in [-0.2, 0) is 4.74 Å². The number of rotatable bonds is 4. The maximum atomic E-state index is 5.89. The Labute approximate surface area is 98.9 Å². The van der Waals surface area contributed by atoms with E-state index < -0.39 is 0 Å². The molecule has 0 radical (unpaired) electrons. The zero-order chi connectivity index (χ0) is 12.0. The molecule has 4 nitrogen and oxygen atoms in total. The number of amidine groups is 1. The van der Waals surface area contributed by atoms with E-state index in [1.165, 1.54) is 0 Å². The maximum absolute atomic E-state index is 5.89. The third kappa shape index (κ3) is 4.94. The van der Waals surface area contributed by atoms with E-state index in [0.29, 0.717) is 0 Å². The van der Waals surface area contributed by atoms with Gasteiger partial charge in [-0.1, -0.05) is 20.8 Å². The number of morpholine rings is 1. The van der Waals surface area contributed by atoms with Gasteiger partial charge in [-0.15, -0.1) is 0 Å². The molecule has 0 atom stereocenters. The highest BCUT2D eigenvalue weighted by atomic mass is 16.5. The molecule has 94 valence electrons. The summed E-state index contributed by atoms with van der Waals surface area (Å²) in [7, 11) is 0. The quantitative estimate of drug-likeness (QED) is 0.445. The van der Waals surface area contributed by atoms with E-state index in [1.807, 2.05) is 0 Å². The lowest BCUT2D eigenvalue weighted by molar-refractivity contribution is 0.0377. The largest absolute Gasteiger partial charge is 0.387 e. The summed E-state index contributed by atoms with van der Waals surface area (Å²) in [6.45, 7) is 12.1. The molecule has 1 rings (SSSR count). The van der Waals surface area contributed by atoms with Gasteiger partial charge in [0.1, 0.15) is 0 Å². The summed E-state index contributed by atoms with van der Waals surface area (Å²) in [5.41, 5.74) is 5.89. The van der Waals surface area contributed by atoms with E-state index in [1.54, 1.807) is 0 Å². The Morgan fingerprint density at radius 1 is 1.31 bits per heavy atom. The van der Waals surface area contributed by atoms with Crippen molar-refractivity contribution in [3.8, 4) is 0 Å². The molecule has 0 aromatic rings. The number of hydrogen-bond acceptors (Lipinski definition) is 3. The van der Waals surface area contributed by atoms with Crippen molar-refractivity contribution in [1.29, 1.82) is 0 Å². The SMILES string of the molecule is CC(C)(C)C(N)=NCCCN1CCOCC1. The van der Waals surface area contributed by atoms with E-state index in [-0.39, 0.29) is 5.41 Å². The van der Waals surface area contributed by atoms with Crippen LogP contribution in [0.4, 0.5) is 0 Å². The number of ether oxygens (including phenoxy) is 1. The summed E-state index contributed by atoms with van der Waals surface area (Å²) in [6, 6.07) is 0. The molecule has 1 saturated heterocycles. The Morgan fingerprint density at radius 3 is 2.50 bits per heavy atom. The minimum absolute atomic E-state index is 0.00103. The highest BCUT2D eigenvalue weighted by Crippen LogP contribution is 2.12. The zero-order valence-electron chi connectivity index (χ0n) is 10.8. The number of hydrogen-bond donors (Lipinski definition) is 1. The van der Waals surface area contributed by atoms with E-state index in [2.05, 4.69) is 30.7 Å². The van der Waals surface area contributed by atoms with Crippen molar-refractivity contribution in [3.63, 3.8) is 0 Å². The lowest BCUT2D eigenvalue weighted by atomic mass is 9.95. The van der Waals surface area contributed by atoms with Crippen LogP contribution in [0.25, 0.3) is 0 Å². The highest BCUT2D eigenvalue weighted by Gasteiger charge is 2.15. The fourth-order valence-electron chi connectivity index (χ4n) is 1.56. The highest BCUT2D eigenvalue weighted by molar-refractivity contribution is 5.85. The Balaban J connectivity index is 2.15. The van der Waals surface area contributed by atoms with Crippen LogP contribution < -0.4 is 5.73 Å². The normalized spacial score (nSPS) is 20.1. The van der Waals surface area contributed by atoms with Crippen molar-refractivity contribution in [2.24, 2.45) is 16.1 Å². The molecule has 1 aliphatic heterocycles. The predicted molar refractivity (Wildman–Crippen MR) is 67.8 cm³/mol. The van der Waals surface area contributed by atoms with E-state index in [9.17, 15) is 0 Å². The second kappa shape index (κ2) is 6.21. The molecular formula is C12H25N3O. The van der Waals surface area contributed by atoms with Gasteiger partial charge in [0.25, 0.3) is 0 Å². The van der Waals surface area contributed by atoms with Gasteiger partial charge in [0.05, 0.1) is 19.0 Å². The van der Waals surface area contributed by atoms with Crippen LogP contribution >= 0.6 is 0 Å². The molecule has 0 amide bonds. The fourth-order valence-corrected chi connectivity index (χ4v) is 1.56. The Bertz CT molecular complexity index is 227. The summed E-state index contributed by atoms with van der Waals surface area (Å²) in [6.07, 6.45) is 1.08. The zero-order valence-corrected chi connectivity index (χ0v) is 10.8. The first kappa shape index (κ1) is 13.5. The van der Waals surface area contributed by atoms with Crippen LogP contribution in [0.3, 0.4) is 0 Å². The van der Waals surface area contributed by atoms with Crippen molar-refractivity contribution in [2.75, 3.05) is 39.4 Å². The van der Waals surface area contributed by atoms with Gasteiger partial charge in [0, 0.05) is 31.6 Å². The van der Waals surface area contributed by atoms with Crippen molar-refractivity contribution < 1.29 is 4.74 Å². The first-order chi connectivity index (χ1) is 7.50. The molecule has 0 bridgehead atoms. The number of aliphatic imine (C=N–C) groups is 1. The molecule has 1 fully saturated rings. The molecule has 1 heterocycles. The summed E-state index contributed by atoms with van der Waals surface area (Å²) in [4.78, 5) is 6.84. The molecule has 16 heavy (non-hydrogen) atoms. The molecule has 0 unspecified atom stereocenters. The maximum Gasteiger partial charge on any atom is 0.0991 e. The van der Waals surface area contributed by atoms with Gasteiger partial charge >= 0.3 is 0 Å². The van der Waals surface area contributed by atoms with Crippen LogP contribution in [-0.4, -0.2) is 50.1 Å². The van der Waals surface area contributed by atoms with Crippen LogP contribution in [0, 0.1) is 5.41 Å². The average molecular weight is 227 g/mol. The smallest absolute Gasteiger partial charge is 0.0991 e. The van der Waals surface area contributed by atoms with Gasteiger partial charge < -0.3 is 10.5 Å². The topological polar surface area (TPSA) is 50.8 Å². The van der Waals surface area contributed by atoms with Crippen molar-refractivity contribution in [2.45, 2.75) is 27.2 Å². The van der Waals surface area contributed by atoms with Crippen molar-refractivity contribution in [1.82, 2.24) is 4.90 Å². The summed E-state index contributed by atoms with van der Waals surface area (Å²) < 4.78 is 5.30. The average Bonchev–Trinajstić information content (AvgIpc) is 2.24. The third-order valence-electron chi connectivity index (χ3n) is 2.79. The third-order valence-corrected chi connectivity index (χ3v) is 2.79. The summed E-state index contributed by atoms with van der Waals surface area (Å²) in [5, 5.41) is 0. The molecule has 1 aliphatic rings. The van der Waals surface area contributed by atoms with E-state index >= 15 is 0 Å². The van der Waals surface area contributed by atoms with E-state index in [0.717, 1.165) is 51.6 Å². The Hall–Kier alpha value is -0.610. The van der Waals surface area contributed by atoms with Gasteiger partial charge in [-0.05, 0) is 6.42 Å². The fraction of sp³-hybridized carbons (Fsp3) is 0.917. The number of nitrogens with zero attached hydrogens (tertiary/aromatic N) is 2. The number of nitrogens with two attached hydrogens (primary N) is 1. The van der Waals surface area contributed by atoms with Crippen molar-refractivity contribution >= 4 is 5.84 Å². The van der Waals surface area contributed by atoms with Gasteiger partial charge in [0.15, 0.2) is 0 Å². The van der Waals surface area contributed by atoms with Gasteiger partial charge in [-0.25, -0.2) is 0 Å². The first-order valence-electron chi connectivity index (χ1n) is 6.10. The van der Waals surface area contributed by atoms with Gasteiger partial charge in [-0.2, -0.15) is 0 Å². The second-order valence-corrected chi connectivity index (χ2v) is 5.32. The standard InChI is InChI=1S/C12H25N3O/c1-12(2,3)11(13)14-5-4-6-15-7-9-16-10-8-15/h4-10H2,1-3H3,(H2,13,14). The van der Waals surface area contributed by atoms with E-state index in [4.69, 9.17) is 10.5 Å². The van der Waals surface area contributed by atoms with Crippen LogP contribution in [0.2, 0.25) is 0 Å². The molecular weight excluding hydrogens is 202 g/mol. The molecule has 0 aromatic carbocycles. The molecule has 0 aromatic heterocycles. The van der Waals surface area contributed by atoms with Crippen LogP contribution in [0.5, 0.6) is 0 Å². The molecule has 4 heteroatoms. The predicted octanol–water partition coefficient (Wildman–Crippen LogP) is 1.11. The monoisotopic (exact) mass is 227 g/mol. The molecule has 0 spiro atoms. The minimum atomic E-state index is -0.00103. The van der Waals surface area contributed by atoms with Gasteiger partial charge in [-0.3, -0.25) is 9.89 Å².